The van der Waals surface area contributed by atoms with Crippen molar-refractivity contribution in [2.75, 3.05) is 0 Å². The molecule has 0 fully saturated rings. The Kier molecular flexibility index (Phi) is 4.20. The van der Waals surface area contributed by atoms with Crippen LogP contribution in [0.5, 0.6) is 11.6 Å². The molecule has 1 aromatic carbocycles. The summed E-state index contributed by atoms with van der Waals surface area (Å²) in [4.78, 5) is 15.7. The fraction of sp³-hybridized carbons (Fsp3) is 0.278. The van der Waals surface area contributed by atoms with Gasteiger partial charge >= 0.3 is 0 Å². The highest BCUT2D eigenvalue weighted by Gasteiger charge is 2.19. The Balaban J connectivity index is 1.31. The first-order chi connectivity index (χ1) is 11.9. The first-order valence-electron chi connectivity index (χ1n) is 8.14. The van der Waals surface area contributed by atoms with Crippen molar-refractivity contribution < 1.29 is 4.74 Å². The molecule has 2 aromatic heterocycles. The van der Waals surface area contributed by atoms with Gasteiger partial charge in [0.1, 0.15) is 5.75 Å². The number of imidazole rings is 1. The molecule has 0 saturated heterocycles. The normalized spacial score (nSPS) is 16.6. The Hall–Kier alpha value is -2.73. The molecule has 0 saturated carbocycles. The fourth-order valence-corrected chi connectivity index (χ4v) is 2.97. The number of aryl methyl sites for hydroxylation is 1. The molecular formula is C18H19N5O. The first-order valence-corrected chi connectivity index (χ1v) is 8.14. The van der Waals surface area contributed by atoms with Crippen LogP contribution < -0.4 is 10.1 Å². The molecule has 0 spiro atoms. The molecule has 1 aliphatic rings. The van der Waals surface area contributed by atoms with Gasteiger partial charge in [-0.25, -0.2) is 9.97 Å². The summed E-state index contributed by atoms with van der Waals surface area (Å²) in [5.74, 6) is 1.26. The van der Waals surface area contributed by atoms with Gasteiger partial charge in [-0.2, -0.15) is 0 Å². The van der Waals surface area contributed by atoms with E-state index >= 15 is 0 Å². The number of nitrogens with one attached hydrogen (secondary N) is 2. The molecule has 0 bridgehead atoms. The molecule has 6 nitrogen and oxygen atoms in total. The quantitative estimate of drug-likeness (QED) is 0.755. The summed E-state index contributed by atoms with van der Waals surface area (Å²) in [7, 11) is 0. The van der Waals surface area contributed by atoms with Crippen LogP contribution >= 0.6 is 0 Å². The Morgan fingerprint density at radius 1 is 1.17 bits per heavy atom. The van der Waals surface area contributed by atoms with Crippen molar-refractivity contribution in [2.45, 2.75) is 31.8 Å². The maximum Gasteiger partial charge on any atom is 0.237 e. The van der Waals surface area contributed by atoms with Gasteiger partial charge in [0.2, 0.25) is 5.88 Å². The molecule has 3 aromatic rings. The van der Waals surface area contributed by atoms with Crippen LogP contribution in [-0.4, -0.2) is 26.0 Å². The monoisotopic (exact) mass is 321 g/mol. The molecule has 24 heavy (non-hydrogen) atoms. The standard InChI is InChI=1S/C18H19N5O/c1-4-15(24-18-11-19-7-8-20-18)5-2-13(1)10-21-14-3-6-16-17(9-14)23-12-22-16/h1-2,4-5,7-8,11-12,14,21H,3,6,9-10H2,(H,22,23). The highest BCUT2D eigenvalue weighted by Crippen LogP contribution is 2.20. The van der Waals surface area contributed by atoms with Crippen LogP contribution in [0.3, 0.4) is 0 Å². The highest BCUT2D eigenvalue weighted by atomic mass is 16.5. The molecular weight excluding hydrogens is 302 g/mol. The average molecular weight is 321 g/mol. The van der Waals surface area contributed by atoms with Crippen molar-refractivity contribution in [3.8, 4) is 11.6 Å². The van der Waals surface area contributed by atoms with E-state index in [9.17, 15) is 0 Å². The molecule has 1 aliphatic carbocycles. The smallest absolute Gasteiger partial charge is 0.237 e. The number of benzene rings is 1. The number of nitrogens with zero attached hydrogens (tertiary/aromatic N) is 3. The van der Waals surface area contributed by atoms with Crippen molar-refractivity contribution in [1.82, 2.24) is 25.3 Å². The van der Waals surface area contributed by atoms with Crippen molar-refractivity contribution in [1.29, 1.82) is 0 Å². The van der Waals surface area contributed by atoms with Gasteiger partial charge in [-0.3, -0.25) is 4.98 Å². The van der Waals surface area contributed by atoms with Crippen molar-refractivity contribution in [3.63, 3.8) is 0 Å². The van der Waals surface area contributed by atoms with E-state index in [-0.39, 0.29) is 0 Å². The topological polar surface area (TPSA) is 75.7 Å². The van der Waals surface area contributed by atoms with Gasteiger partial charge < -0.3 is 15.0 Å². The number of aromatic amines is 1. The second kappa shape index (κ2) is 6.80. The molecule has 2 heterocycles. The van der Waals surface area contributed by atoms with Crippen LogP contribution in [0.1, 0.15) is 23.4 Å². The van der Waals surface area contributed by atoms with E-state index in [0.717, 1.165) is 31.6 Å². The van der Waals surface area contributed by atoms with E-state index in [2.05, 4.69) is 37.4 Å². The van der Waals surface area contributed by atoms with Crippen LogP contribution in [0.4, 0.5) is 0 Å². The minimum Gasteiger partial charge on any atom is -0.438 e. The molecule has 4 rings (SSSR count). The third-order valence-electron chi connectivity index (χ3n) is 4.27. The Morgan fingerprint density at radius 2 is 2.08 bits per heavy atom. The zero-order valence-corrected chi connectivity index (χ0v) is 13.3. The lowest BCUT2D eigenvalue weighted by Crippen LogP contribution is -2.34. The van der Waals surface area contributed by atoms with E-state index in [4.69, 9.17) is 4.74 Å². The van der Waals surface area contributed by atoms with Gasteiger partial charge in [0, 0.05) is 37.1 Å². The van der Waals surface area contributed by atoms with Gasteiger partial charge in [0.25, 0.3) is 0 Å². The predicted molar refractivity (Wildman–Crippen MR) is 89.8 cm³/mol. The summed E-state index contributed by atoms with van der Waals surface area (Å²) >= 11 is 0. The van der Waals surface area contributed by atoms with Gasteiger partial charge in [-0.15, -0.1) is 0 Å². The Labute approximate surface area is 140 Å². The van der Waals surface area contributed by atoms with E-state index in [1.165, 1.54) is 17.0 Å². The van der Waals surface area contributed by atoms with Crippen LogP contribution in [0.15, 0.2) is 49.2 Å². The van der Waals surface area contributed by atoms with Crippen LogP contribution in [-0.2, 0) is 19.4 Å². The molecule has 0 radical (unpaired) electrons. The number of hydrogen-bond donors (Lipinski definition) is 2. The summed E-state index contributed by atoms with van der Waals surface area (Å²) in [6.07, 6.45) is 9.82. The van der Waals surface area contributed by atoms with Gasteiger partial charge in [0.15, 0.2) is 0 Å². The maximum absolute atomic E-state index is 5.65. The van der Waals surface area contributed by atoms with E-state index in [1.807, 2.05) is 12.1 Å². The third kappa shape index (κ3) is 3.44. The number of H-pyrrole nitrogens is 1. The van der Waals surface area contributed by atoms with E-state index in [0.29, 0.717) is 11.9 Å². The highest BCUT2D eigenvalue weighted by molar-refractivity contribution is 5.30. The van der Waals surface area contributed by atoms with Crippen LogP contribution in [0.2, 0.25) is 0 Å². The van der Waals surface area contributed by atoms with Crippen molar-refractivity contribution in [3.05, 3.63) is 66.1 Å². The summed E-state index contributed by atoms with van der Waals surface area (Å²) in [5, 5.41) is 3.63. The lowest BCUT2D eigenvalue weighted by molar-refractivity contribution is 0.449. The summed E-state index contributed by atoms with van der Waals surface area (Å²) in [6.45, 7) is 0.847. The SMILES string of the molecule is c1cnc(Oc2ccc(CNC3CCc4nc[nH]c4C3)cc2)cn1. The molecule has 1 unspecified atom stereocenters. The zero-order chi connectivity index (χ0) is 16.2. The summed E-state index contributed by atoms with van der Waals surface area (Å²) < 4.78 is 5.65. The van der Waals surface area contributed by atoms with Gasteiger partial charge in [0.05, 0.1) is 18.2 Å². The van der Waals surface area contributed by atoms with Crippen molar-refractivity contribution >= 4 is 0 Å². The first kappa shape index (κ1) is 14.8. The summed E-state index contributed by atoms with van der Waals surface area (Å²) in [6, 6.07) is 8.55. The molecule has 0 amide bonds. The second-order valence-corrected chi connectivity index (χ2v) is 5.94. The fourth-order valence-electron chi connectivity index (χ4n) is 2.97. The zero-order valence-electron chi connectivity index (χ0n) is 13.3. The number of fused-ring (bicyclic) bond motifs is 1. The molecule has 2 N–H and O–H groups in total. The van der Waals surface area contributed by atoms with Crippen molar-refractivity contribution in [2.24, 2.45) is 0 Å². The second-order valence-electron chi connectivity index (χ2n) is 5.94. The molecule has 122 valence electrons. The van der Waals surface area contributed by atoms with E-state index < -0.39 is 0 Å². The van der Waals surface area contributed by atoms with Gasteiger partial charge in [-0.1, -0.05) is 12.1 Å². The molecule has 0 aliphatic heterocycles. The van der Waals surface area contributed by atoms with Crippen LogP contribution in [0, 0.1) is 0 Å². The molecule has 6 heteroatoms. The number of hydrogen-bond acceptors (Lipinski definition) is 5. The lowest BCUT2D eigenvalue weighted by Gasteiger charge is -2.22. The Bertz CT molecular complexity index is 785. The maximum atomic E-state index is 5.65. The average Bonchev–Trinajstić information content (AvgIpc) is 3.10. The third-order valence-corrected chi connectivity index (χ3v) is 4.27. The molecule has 1 atom stereocenters. The number of aromatic nitrogens is 4. The number of rotatable bonds is 5. The minimum atomic E-state index is 0.494. The van der Waals surface area contributed by atoms with Crippen LogP contribution in [0.25, 0.3) is 0 Å². The van der Waals surface area contributed by atoms with Gasteiger partial charge in [-0.05, 0) is 30.5 Å². The largest absolute Gasteiger partial charge is 0.438 e. The lowest BCUT2D eigenvalue weighted by atomic mass is 9.96. The number of ether oxygens (including phenoxy) is 1. The van der Waals surface area contributed by atoms with E-state index in [1.54, 1.807) is 24.9 Å². The summed E-state index contributed by atoms with van der Waals surface area (Å²) in [5.41, 5.74) is 3.72. The Morgan fingerprint density at radius 3 is 2.92 bits per heavy atom. The predicted octanol–water partition coefficient (Wildman–Crippen LogP) is 2.64. The minimum absolute atomic E-state index is 0.494.